The molecule has 104 valence electrons. The average Bonchev–Trinajstić information content (AvgIpc) is 2.39. The number of hydrogen-bond donors (Lipinski definition) is 1. The highest BCUT2D eigenvalue weighted by molar-refractivity contribution is 5.38. The Morgan fingerprint density at radius 3 is 2.79 bits per heavy atom. The third-order valence-electron chi connectivity index (χ3n) is 2.95. The van der Waals surface area contributed by atoms with E-state index < -0.39 is 0 Å². The van der Waals surface area contributed by atoms with Crippen molar-refractivity contribution in [2.24, 2.45) is 5.73 Å². The summed E-state index contributed by atoms with van der Waals surface area (Å²) in [5, 5.41) is 0. The van der Waals surface area contributed by atoms with Gasteiger partial charge in [-0.2, -0.15) is 0 Å². The van der Waals surface area contributed by atoms with Crippen molar-refractivity contribution in [1.82, 2.24) is 4.90 Å². The van der Waals surface area contributed by atoms with E-state index in [4.69, 9.17) is 5.73 Å². The second kappa shape index (κ2) is 8.68. The van der Waals surface area contributed by atoms with Crippen LogP contribution in [-0.2, 0) is 6.54 Å². The minimum atomic E-state index is -0.279. The van der Waals surface area contributed by atoms with E-state index in [-0.39, 0.29) is 12.4 Å². The molecule has 2 nitrogen and oxygen atoms in total. The van der Waals surface area contributed by atoms with E-state index in [9.17, 15) is 4.39 Å². The van der Waals surface area contributed by atoms with Crippen LogP contribution in [0.1, 0.15) is 37.3 Å². The van der Waals surface area contributed by atoms with Crippen LogP contribution in [0.2, 0.25) is 0 Å². The summed E-state index contributed by atoms with van der Waals surface area (Å²) in [6.45, 7) is 4.33. The second-order valence-electron chi connectivity index (χ2n) is 4.76. The summed E-state index contributed by atoms with van der Waals surface area (Å²) in [6, 6.07) is 5.11. The zero-order valence-electron chi connectivity index (χ0n) is 11.9. The monoisotopic (exact) mass is 262 g/mol. The van der Waals surface area contributed by atoms with E-state index in [0.717, 1.165) is 18.7 Å². The van der Waals surface area contributed by atoms with Crippen LogP contribution >= 0.6 is 0 Å². The Morgan fingerprint density at radius 2 is 2.11 bits per heavy atom. The highest BCUT2D eigenvalue weighted by Crippen LogP contribution is 2.11. The molecule has 0 atom stereocenters. The third kappa shape index (κ3) is 5.87. The Bertz CT molecular complexity index is 446. The highest BCUT2D eigenvalue weighted by atomic mass is 19.1. The van der Waals surface area contributed by atoms with Crippen molar-refractivity contribution in [3.05, 3.63) is 35.1 Å². The highest BCUT2D eigenvalue weighted by Gasteiger charge is 2.04. The number of benzene rings is 1. The Labute approximate surface area is 115 Å². The first-order valence-corrected chi connectivity index (χ1v) is 6.83. The lowest BCUT2D eigenvalue weighted by Crippen LogP contribution is -2.19. The maximum atomic E-state index is 13.5. The summed E-state index contributed by atoms with van der Waals surface area (Å²) in [6.07, 6.45) is 3.68. The molecule has 2 N–H and O–H groups in total. The predicted molar refractivity (Wildman–Crippen MR) is 78.2 cm³/mol. The van der Waals surface area contributed by atoms with Gasteiger partial charge in [-0.1, -0.05) is 37.7 Å². The Morgan fingerprint density at radius 1 is 1.32 bits per heavy atom. The van der Waals surface area contributed by atoms with Gasteiger partial charge < -0.3 is 10.6 Å². The van der Waals surface area contributed by atoms with Crippen LogP contribution in [-0.4, -0.2) is 25.0 Å². The largest absolute Gasteiger partial charge is 0.320 e. The first kappa shape index (κ1) is 15.7. The fourth-order valence-corrected chi connectivity index (χ4v) is 1.94. The number of rotatable bonds is 6. The molecule has 0 heterocycles. The van der Waals surface area contributed by atoms with E-state index in [2.05, 4.69) is 30.7 Å². The molecular weight excluding hydrogens is 239 g/mol. The Balaban J connectivity index is 2.63. The van der Waals surface area contributed by atoms with Gasteiger partial charge in [0.15, 0.2) is 0 Å². The maximum absolute atomic E-state index is 13.5. The molecule has 0 spiro atoms. The van der Waals surface area contributed by atoms with Crippen molar-refractivity contribution in [3.63, 3.8) is 0 Å². The van der Waals surface area contributed by atoms with E-state index >= 15 is 0 Å². The molecule has 0 saturated carbocycles. The Kier molecular flexibility index (Phi) is 7.17. The van der Waals surface area contributed by atoms with Crippen LogP contribution in [0.3, 0.4) is 0 Å². The summed E-state index contributed by atoms with van der Waals surface area (Å²) in [5.74, 6) is 5.18. The van der Waals surface area contributed by atoms with Gasteiger partial charge in [0.1, 0.15) is 5.82 Å². The van der Waals surface area contributed by atoms with Gasteiger partial charge in [0.05, 0.1) is 12.1 Å². The zero-order chi connectivity index (χ0) is 14.1. The summed E-state index contributed by atoms with van der Waals surface area (Å²) in [5.41, 5.74) is 6.83. The van der Waals surface area contributed by atoms with Crippen molar-refractivity contribution >= 4 is 0 Å². The van der Waals surface area contributed by atoms with Crippen molar-refractivity contribution < 1.29 is 4.39 Å². The lowest BCUT2D eigenvalue weighted by Gasteiger charge is -2.16. The molecule has 0 aliphatic carbocycles. The SMILES string of the molecule is CCCCCN(C)Cc1ccc(F)c(C#CCN)c1. The maximum Gasteiger partial charge on any atom is 0.138 e. The number of nitrogens with two attached hydrogens (primary N) is 1. The van der Waals surface area contributed by atoms with E-state index in [1.165, 1.54) is 25.3 Å². The van der Waals surface area contributed by atoms with Crippen molar-refractivity contribution in [2.45, 2.75) is 32.7 Å². The molecule has 0 fully saturated rings. The lowest BCUT2D eigenvalue weighted by molar-refractivity contribution is 0.318. The van der Waals surface area contributed by atoms with Crippen molar-refractivity contribution in [3.8, 4) is 11.8 Å². The summed E-state index contributed by atoms with van der Waals surface area (Å²) in [4.78, 5) is 2.25. The molecule has 0 aromatic heterocycles. The third-order valence-corrected chi connectivity index (χ3v) is 2.95. The van der Waals surface area contributed by atoms with Crippen molar-refractivity contribution in [2.75, 3.05) is 20.1 Å². The quantitative estimate of drug-likeness (QED) is 0.631. The number of halogens is 1. The van der Waals surface area contributed by atoms with E-state index in [1.54, 1.807) is 0 Å². The molecule has 1 aromatic carbocycles. The molecule has 0 radical (unpaired) electrons. The fraction of sp³-hybridized carbons (Fsp3) is 0.500. The summed E-state index contributed by atoms with van der Waals surface area (Å²) in [7, 11) is 2.09. The van der Waals surface area contributed by atoms with E-state index in [0.29, 0.717) is 5.56 Å². The molecule has 0 unspecified atom stereocenters. The molecule has 0 aliphatic rings. The summed E-state index contributed by atoms with van der Waals surface area (Å²) < 4.78 is 13.5. The van der Waals surface area contributed by atoms with E-state index in [1.807, 2.05) is 12.1 Å². The molecule has 19 heavy (non-hydrogen) atoms. The van der Waals surface area contributed by atoms with Gasteiger partial charge in [-0.15, -0.1) is 0 Å². The molecule has 0 amide bonds. The van der Waals surface area contributed by atoms with Crippen LogP contribution in [0.4, 0.5) is 4.39 Å². The van der Waals surface area contributed by atoms with Gasteiger partial charge >= 0.3 is 0 Å². The summed E-state index contributed by atoms with van der Waals surface area (Å²) >= 11 is 0. The minimum Gasteiger partial charge on any atom is -0.320 e. The number of hydrogen-bond acceptors (Lipinski definition) is 2. The smallest absolute Gasteiger partial charge is 0.138 e. The topological polar surface area (TPSA) is 29.3 Å². The Hall–Kier alpha value is -1.37. The van der Waals surface area contributed by atoms with Crippen LogP contribution in [0, 0.1) is 17.7 Å². The molecular formula is C16H23FN2. The van der Waals surface area contributed by atoms with Gasteiger partial charge in [-0.3, -0.25) is 0 Å². The number of nitrogens with zero attached hydrogens (tertiary/aromatic N) is 1. The average molecular weight is 262 g/mol. The zero-order valence-corrected chi connectivity index (χ0v) is 11.9. The van der Waals surface area contributed by atoms with Gasteiger partial charge in [0.25, 0.3) is 0 Å². The fourth-order valence-electron chi connectivity index (χ4n) is 1.94. The van der Waals surface area contributed by atoms with Gasteiger partial charge in [0.2, 0.25) is 0 Å². The van der Waals surface area contributed by atoms with Crippen molar-refractivity contribution in [1.29, 1.82) is 0 Å². The molecule has 1 rings (SSSR count). The molecule has 0 bridgehead atoms. The molecule has 1 aromatic rings. The van der Waals surface area contributed by atoms with Crippen LogP contribution in [0.25, 0.3) is 0 Å². The van der Waals surface area contributed by atoms with Gasteiger partial charge in [-0.05, 0) is 37.7 Å². The standard InChI is InChI=1S/C16H23FN2/c1-3-4-5-11-19(2)13-14-8-9-16(17)15(12-14)7-6-10-18/h8-9,12H,3-5,10-11,13,18H2,1-2H3. The van der Waals surface area contributed by atoms with Crippen LogP contribution < -0.4 is 5.73 Å². The number of unbranched alkanes of at least 4 members (excludes halogenated alkanes) is 2. The predicted octanol–water partition coefficient (Wildman–Crippen LogP) is 2.76. The lowest BCUT2D eigenvalue weighted by atomic mass is 10.1. The van der Waals surface area contributed by atoms with Gasteiger partial charge in [0, 0.05) is 6.54 Å². The van der Waals surface area contributed by atoms with Crippen LogP contribution in [0.15, 0.2) is 18.2 Å². The normalized spacial score (nSPS) is 10.4. The molecule has 3 heteroatoms. The second-order valence-corrected chi connectivity index (χ2v) is 4.76. The first-order chi connectivity index (χ1) is 9.17. The molecule has 0 saturated heterocycles. The van der Waals surface area contributed by atoms with Gasteiger partial charge in [-0.25, -0.2) is 4.39 Å². The molecule has 0 aliphatic heterocycles. The van der Waals surface area contributed by atoms with Crippen LogP contribution in [0.5, 0.6) is 0 Å². The first-order valence-electron chi connectivity index (χ1n) is 6.83. The minimum absolute atomic E-state index is 0.251.